The van der Waals surface area contributed by atoms with Gasteiger partial charge in [0.25, 0.3) is 5.91 Å². The molecule has 134 valence electrons. The van der Waals surface area contributed by atoms with Crippen molar-refractivity contribution in [2.75, 3.05) is 19.6 Å². The van der Waals surface area contributed by atoms with Gasteiger partial charge in [0, 0.05) is 56.0 Å². The second-order valence-corrected chi connectivity index (χ2v) is 7.45. The van der Waals surface area contributed by atoms with Crippen molar-refractivity contribution in [2.45, 2.75) is 25.8 Å². The number of hydrogen-bond donors (Lipinski definition) is 0. The molecule has 1 aromatic carbocycles. The lowest BCUT2D eigenvalue weighted by atomic mass is 9.77. The first-order valence-electron chi connectivity index (χ1n) is 9.16. The largest absolute Gasteiger partial charge is 0.339 e. The number of carbonyl (C=O) groups excluding carboxylic acids is 2. The Morgan fingerprint density at radius 2 is 1.85 bits per heavy atom. The number of amides is 2. The second-order valence-electron chi connectivity index (χ2n) is 7.45. The molecule has 2 saturated heterocycles. The summed E-state index contributed by atoms with van der Waals surface area (Å²) in [5.41, 5.74) is 1.82. The Balaban J connectivity index is 1.38. The highest BCUT2D eigenvalue weighted by atomic mass is 16.2. The zero-order valence-corrected chi connectivity index (χ0v) is 14.8. The number of aromatic nitrogens is 1. The van der Waals surface area contributed by atoms with E-state index in [2.05, 4.69) is 4.98 Å². The summed E-state index contributed by atoms with van der Waals surface area (Å²) in [7, 11) is 0. The Morgan fingerprint density at radius 3 is 2.54 bits per heavy atom. The Hall–Kier alpha value is -2.69. The summed E-state index contributed by atoms with van der Waals surface area (Å²) in [6, 6.07) is 13.3. The minimum Gasteiger partial charge on any atom is -0.339 e. The van der Waals surface area contributed by atoms with Crippen LogP contribution in [0, 0.1) is 5.41 Å². The normalized spacial score (nSPS) is 19.2. The van der Waals surface area contributed by atoms with Crippen LogP contribution in [0.5, 0.6) is 0 Å². The predicted octanol–water partition coefficient (Wildman–Crippen LogP) is 2.74. The maximum Gasteiger partial charge on any atom is 0.253 e. The molecule has 2 aliphatic rings. The summed E-state index contributed by atoms with van der Waals surface area (Å²) in [5, 5.41) is 0. The van der Waals surface area contributed by atoms with E-state index in [1.165, 1.54) is 0 Å². The third kappa shape index (κ3) is 3.34. The van der Waals surface area contributed by atoms with Crippen molar-refractivity contribution in [3.63, 3.8) is 0 Å². The molecule has 1 spiro atoms. The Bertz CT molecular complexity index is 783. The number of benzene rings is 1. The van der Waals surface area contributed by atoms with Gasteiger partial charge < -0.3 is 9.80 Å². The lowest BCUT2D eigenvalue weighted by Crippen LogP contribution is -2.44. The van der Waals surface area contributed by atoms with Crippen LogP contribution in [-0.2, 0) is 11.3 Å². The van der Waals surface area contributed by atoms with Crippen LogP contribution in [0.25, 0.3) is 0 Å². The average molecular weight is 349 g/mol. The SMILES string of the molecule is O=C1CC2(CCN(C(=O)c3ccccc3)CC2)CN1Cc1cccnc1. The van der Waals surface area contributed by atoms with Crippen molar-refractivity contribution in [3.05, 3.63) is 66.0 Å². The van der Waals surface area contributed by atoms with E-state index in [1.807, 2.05) is 58.5 Å². The lowest BCUT2D eigenvalue weighted by Gasteiger charge is -2.38. The predicted molar refractivity (Wildman–Crippen MR) is 98.3 cm³/mol. The van der Waals surface area contributed by atoms with E-state index in [-0.39, 0.29) is 17.2 Å². The van der Waals surface area contributed by atoms with Crippen LogP contribution in [0.15, 0.2) is 54.9 Å². The average Bonchev–Trinajstić information content (AvgIpc) is 2.98. The number of rotatable bonds is 3. The lowest BCUT2D eigenvalue weighted by molar-refractivity contribution is -0.128. The van der Waals surface area contributed by atoms with Crippen LogP contribution in [0.2, 0.25) is 0 Å². The summed E-state index contributed by atoms with van der Waals surface area (Å²) in [5.74, 6) is 0.314. The maximum absolute atomic E-state index is 12.6. The summed E-state index contributed by atoms with van der Waals surface area (Å²) in [6.07, 6.45) is 5.94. The number of hydrogen-bond acceptors (Lipinski definition) is 3. The summed E-state index contributed by atoms with van der Waals surface area (Å²) < 4.78 is 0. The van der Waals surface area contributed by atoms with Gasteiger partial charge in [-0.1, -0.05) is 24.3 Å². The van der Waals surface area contributed by atoms with E-state index >= 15 is 0 Å². The fourth-order valence-electron chi connectivity index (χ4n) is 4.12. The van der Waals surface area contributed by atoms with Crippen LogP contribution in [-0.4, -0.2) is 46.2 Å². The Kier molecular flexibility index (Phi) is 4.45. The smallest absolute Gasteiger partial charge is 0.253 e. The molecule has 0 bridgehead atoms. The summed E-state index contributed by atoms with van der Waals surface area (Å²) in [4.78, 5) is 33.1. The van der Waals surface area contributed by atoms with Gasteiger partial charge in [-0.2, -0.15) is 0 Å². The van der Waals surface area contributed by atoms with E-state index in [9.17, 15) is 9.59 Å². The third-order valence-corrected chi connectivity index (χ3v) is 5.63. The van der Waals surface area contributed by atoms with Crippen LogP contribution in [0.4, 0.5) is 0 Å². The molecule has 0 aliphatic carbocycles. The highest BCUT2D eigenvalue weighted by Gasteiger charge is 2.45. The number of carbonyl (C=O) groups is 2. The molecule has 3 heterocycles. The van der Waals surface area contributed by atoms with Crippen molar-refractivity contribution in [1.29, 1.82) is 0 Å². The number of pyridine rings is 1. The number of likely N-dealkylation sites (tertiary alicyclic amines) is 2. The number of nitrogens with zero attached hydrogens (tertiary/aromatic N) is 3. The van der Waals surface area contributed by atoms with Crippen molar-refractivity contribution < 1.29 is 9.59 Å². The summed E-state index contributed by atoms with van der Waals surface area (Å²) in [6.45, 7) is 2.86. The molecule has 26 heavy (non-hydrogen) atoms. The molecule has 2 aliphatic heterocycles. The van der Waals surface area contributed by atoms with Crippen molar-refractivity contribution in [2.24, 2.45) is 5.41 Å². The molecule has 5 heteroatoms. The van der Waals surface area contributed by atoms with Crippen LogP contribution in [0.1, 0.15) is 35.2 Å². The van der Waals surface area contributed by atoms with Crippen molar-refractivity contribution >= 4 is 11.8 Å². The minimum atomic E-state index is 0.0206. The first kappa shape index (κ1) is 16.8. The van der Waals surface area contributed by atoms with Crippen molar-refractivity contribution in [3.8, 4) is 0 Å². The van der Waals surface area contributed by atoms with Gasteiger partial charge in [-0.3, -0.25) is 14.6 Å². The molecule has 0 atom stereocenters. The number of piperidine rings is 1. The molecular formula is C21H23N3O2. The van der Waals surface area contributed by atoms with Gasteiger partial charge in [0.15, 0.2) is 0 Å². The summed E-state index contributed by atoms with van der Waals surface area (Å²) >= 11 is 0. The van der Waals surface area contributed by atoms with E-state index in [0.717, 1.165) is 43.6 Å². The van der Waals surface area contributed by atoms with Crippen LogP contribution in [0.3, 0.4) is 0 Å². The van der Waals surface area contributed by atoms with Gasteiger partial charge >= 0.3 is 0 Å². The monoisotopic (exact) mass is 349 g/mol. The van der Waals surface area contributed by atoms with E-state index in [4.69, 9.17) is 0 Å². The quantitative estimate of drug-likeness (QED) is 0.856. The Morgan fingerprint density at radius 1 is 1.08 bits per heavy atom. The van der Waals surface area contributed by atoms with Gasteiger partial charge in [-0.05, 0) is 36.6 Å². The zero-order valence-electron chi connectivity index (χ0n) is 14.8. The van der Waals surface area contributed by atoms with E-state index in [0.29, 0.717) is 13.0 Å². The highest BCUT2D eigenvalue weighted by Crippen LogP contribution is 2.41. The molecule has 2 aromatic rings. The minimum absolute atomic E-state index is 0.0206. The van der Waals surface area contributed by atoms with Gasteiger partial charge in [0.05, 0.1) is 0 Å². The molecule has 0 saturated carbocycles. The molecule has 2 amide bonds. The Labute approximate surface area is 153 Å². The zero-order chi connectivity index (χ0) is 18.0. The van der Waals surface area contributed by atoms with Gasteiger partial charge in [0.1, 0.15) is 0 Å². The molecule has 1 aromatic heterocycles. The topological polar surface area (TPSA) is 53.5 Å². The van der Waals surface area contributed by atoms with Crippen molar-refractivity contribution in [1.82, 2.24) is 14.8 Å². The first-order chi connectivity index (χ1) is 12.7. The van der Waals surface area contributed by atoms with Gasteiger partial charge in [-0.15, -0.1) is 0 Å². The van der Waals surface area contributed by atoms with E-state index < -0.39 is 0 Å². The van der Waals surface area contributed by atoms with Gasteiger partial charge in [0.2, 0.25) is 5.91 Å². The fraction of sp³-hybridized carbons (Fsp3) is 0.381. The molecule has 0 unspecified atom stereocenters. The maximum atomic E-state index is 12.6. The molecule has 2 fully saturated rings. The van der Waals surface area contributed by atoms with E-state index in [1.54, 1.807) is 6.20 Å². The highest BCUT2D eigenvalue weighted by molar-refractivity contribution is 5.94. The molecule has 0 radical (unpaired) electrons. The first-order valence-corrected chi connectivity index (χ1v) is 9.16. The van der Waals surface area contributed by atoms with Gasteiger partial charge in [-0.25, -0.2) is 0 Å². The molecule has 5 nitrogen and oxygen atoms in total. The third-order valence-electron chi connectivity index (χ3n) is 5.63. The molecular weight excluding hydrogens is 326 g/mol. The van der Waals surface area contributed by atoms with Crippen LogP contribution < -0.4 is 0 Å². The second kappa shape index (κ2) is 6.90. The standard InChI is InChI=1S/C21H23N3O2/c25-19-13-21(16-24(19)15-17-5-4-10-22-14-17)8-11-23(12-9-21)20(26)18-6-2-1-3-7-18/h1-7,10,14H,8-9,11-13,15-16H2. The molecule has 4 rings (SSSR count). The molecule has 0 N–H and O–H groups in total. The fourth-order valence-corrected chi connectivity index (χ4v) is 4.12. The van der Waals surface area contributed by atoms with Crippen LogP contribution >= 0.6 is 0 Å².